The number of carbonyl (C=O) groups is 2. The third kappa shape index (κ3) is 6.59. The maximum Gasteiger partial charge on any atom is 0.240 e. The molecule has 30 heavy (non-hydrogen) atoms. The molecule has 2 aromatic rings. The summed E-state index contributed by atoms with van der Waals surface area (Å²) in [5.74, 6) is 0.799. The van der Waals surface area contributed by atoms with Crippen LogP contribution in [0.2, 0.25) is 5.02 Å². The van der Waals surface area contributed by atoms with Gasteiger partial charge < -0.3 is 10.1 Å². The maximum atomic E-state index is 12.0. The fourth-order valence-electron chi connectivity index (χ4n) is 2.87. The number of nitrogens with zero attached hydrogens (tertiary/aromatic N) is 1. The normalized spacial score (nSPS) is 13.6. The molecule has 0 atom stereocenters. The highest BCUT2D eigenvalue weighted by molar-refractivity contribution is 6.30. The predicted octanol–water partition coefficient (Wildman–Crippen LogP) is 4.70. The molecular weight excluding hydrogens is 402 g/mol. The number of nitrogens with one attached hydrogen (secondary N) is 2. The minimum Gasteiger partial charge on any atom is -0.493 e. The zero-order valence-corrected chi connectivity index (χ0v) is 18.0. The van der Waals surface area contributed by atoms with Crippen molar-refractivity contribution in [3.05, 3.63) is 58.6 Å². The molecule has 2 aromatic carbocycles. The van der Waals surface area contributed by atoms with E-state index in [0.29, 0.717) is 30.2 Å². The molecule has 0 aromatic heterocycles. The molecule has 6 nitrogen and oxygen atoms in total. The topological polar surface area (TPSA) is 79.8 Å². The summed E-state index contributed by atoms with van der Waals surface area (Å²) in [4.78, 5) is 24.0. The largest absolute Gasteiger partial charge is 0.493 e. The van der Waals surface area contributed by atoms with Gasteiger partial charge in [0.15, 0.2) is 0 Å². The predicted molar refractivity (Wildman–Crippen MR) is 119 cm³/mol. The molecule has 1 aliphatic rings. The first-order chi connectivity index (χ1) is 14.4. The Balaban J connectivity index is 1.43. The molecule has 0 aliphatic heterocycles. The second-order valence-corrected chi connectivity index (χ2v) is 7.87. The number of amides is 2. The van der Waals surface area contributed by atoms with Gasteiger partial charge in [-0.1, -0.05) is 23.7 Å². The van der Waals surface area contributed by atoms with Crippen LogP contribution in [0.15, 0.2) is 47.6 Å². The molecule has 3 rings (SSSR count). The molecule has 2 amide bonds. The molecule has 158 valence electrons. The summed E-state index contributed by atoms with van der Waals surface area (Å²) in [7, 11) is 0. The Morgan fingerprint density at radius 2 is 2.00 bits per heavy atom. The lowest BCUT2D eigenvalue weighted by Gasteiger charge is -2.09. The first kappa shape index (κ1) is 21.8. The van der Waals surface area contributed by atoms with E-state index < -0.39 is 0 Å². The van der Waals surface area contributed by atoms with Crippen LogP contribution in [0.4, 0.5) is 5.69 Å². The Kier molecular flexibility index (Phi) is 7.46. The molecule has 0 bridgehead atoms. The zero-order chi connectivity index (χ0) is 21.5. The Hall–Kier alpha value is -2.86. The Morgan fingerprint density at radius 1 is 1.20 bits per heavy atom. The van der Waals surface area contributed by atoms with Crippen molar-refractivity contribution >= 4 is 34.8 Å². The summed E-state index contributed by atoms with van der Waals surface area (Å²) in [5.41, 5.74) is 5.78. The second-order valence-electron chi connectivity index (χ2n) is 7.44. The van der Waals surface area contributed by atoms with Gasteiger partial charge in [-0.15, -0.1) is 0 Å². The minimum atomic E-state index is -0.177. The van der Waals surface area contributed by atoms with E-state index in [1.807, 2.05) is 50.2 Å². The average molecular weight is 428 g/mol. The summed E-state index contributed by atoms with van der Waals surface area (Å²) >= 11 is 5.93. The number of rotatable bonds is 9. The van der Waals surface area contributed by atoms with Gasteiger partial charge in [-0.3, -0.25) is 9.59 Å². The van der Waals surface area contributed by atoms with E-state index >= 15 is 0 Å². The van der Waals surface area contributed by atoms with Gasteiger partial charge in [0.1, 0.15) is 5.75 Å². The van der Waals surface area contributed by atoms with Gasteiger partial charge >= 0.3 is 0 Å². The number of carbonyl (C=O) groups excluding carboxylic acids is 2. The van der Waals surface area contributed by atoms with Crippen molar-refractivity contribution in [3.63, 3.8) is 0 Å². The zero-order valence-electron chi connectivity index (χ0n) is 17.2. The van der Waals surface area contributed by atoms with E-state index in [2.05, 4.69) is 15.8 Å². The van der Waals surface area contributed by atoms with Crippen LogP contribution in [0.1, 0.15) is 43.7 Å². The van der Waals surface area contributed by atoms with Gasteiger partial charge in [0.25, 0.3) is 0 Å². The fourth-order valence-corrected chi connectivity index (χ4v) is 3.09. The third-order valence-electron chi connectivity index (χ3n) is 4.79. The summed E-state index contributed by atoms with van der Waals surface area (Å²) in [5, 5.41) is 7.76. The Labute approximate surface area is 181 Å². The van der Waals surface area contributed by atoms with Crippen molar-refractivity contribution in [2.24, 2.45) is 11.0 Å². The van der Waals surface area contributed by atoms with Crippen LogP contribution in [0.3, 0.4) is 0 Å². The van der Waals surface area contributed by atoms with Crippen molar-refractivity contribution < 1.29 is 14.3 Å². The first-order valence-electron chi connectivity index (χ1n) is 10.1. The molecule has 7 heteroatoms. The third-order valence-corrected chi connectivity index (χ3v) is 5.02. The number of ether oxygens (including phenoxy) is 1. The van der Waals surface area contributed by atoms with E-state index in [9.17, 15) is 9.59 Å². The van der Waals surface area contributed by atoms with Gasteiger partial charge in [-0.25, -0.2) is 5.43 Å². The maximum absolute atomic E-state index is 12.0. The van der Waals surface area contributed by atoms with Crippen molar-refractivity contribution in [2.75, 3.05) is 11.9 Å². The van der Waals surface area contributed by atoms with Crippen molar-refractivity contribution in [3.8, 4) is 5.75 Å². The lowest BCUT2D eigenvalue weighted by atomic mass is 10.1. The lowest BCUT2D eigenvalue weighted by Crippen LogP contribution is -2.20. The van der Waals surface area contributed by atoms with E-state index in [1.165, 1.54) is 0 Å². The average Bonchev–Trinajstić information content (AvgIpc) is 3.56. The minimum absolute atomic E-state index is 0.0612. The van der Waals surface area contributed by atoms with Gasteiger partial charge in [0.2, 0.25) is 11.8 Å². The number of anilines is 1. The van der Waals surface area contributed by atoms with E-state index in [0.717, 1.165) is 35.4 Å². The van der Waals surface area contributed by atoms with Crippen molar-refractivity contribution in [1.82, 2.24) is 5.43 Å². The molecule has 0 radical (unpaired) electrons. The van der Waals surface area contributed by atoms with Crippen LogP contribution in [0, 0.1) is 12.8 Å². The highest BCUT2D eigenvalue weighted by Gasteiger charge is 2.29. The monoisotopic (exact) mass is 427 g/mol. The first-order valence-corrected chi connectivity index (χ1v) is 10.4. The molecule has 0 unspecified atom stereocenters. The lowest BCUT2D eigenvalue weighted by molar-refractivity contribution is -0.121. The van der Waals surface area contributed by atoms with Crippen LogP contribution in [0.25, 0.3) is 0 Å². The molecule has 0 saturated heterocycles. The van der Waals surface area contributed by atoms with E-state index in [4.69, 9.17) is 16.3 Å². The van der Waals surface area contributed by atoms with Gasteiger partial charge in [-0.05, 0) is 74.6 Å². The van der Waals surface area contributed by atoms with Gasteiger partial charge in [0, 0.05) is 23.0 Å². The molecule has 1 fully saturated rings. The molecular formula is C23H26ClN3O3. The number of hydrogen-bond acceptors (Lipinski definition) is 4. The smallest absolute Gasteiger partial charge is 0.240 e. The van der Waals surface area contributed by atoms with Crippen LogP contribution < -0.4 is 15.5 Å². The molecule has 0 heterocycles. The highest BCUT2D eigenvalue weighted by atomic mass is 35.5. The Bertz CT molecular complexity index is 954. The van der Waals surface area contributed by atoms with Crippen molar-refractivity contribution in [2.45, 2.75) is 39.5 Å². The van der Waals surface area contributed by atoms with Crippen LogP contribution in [0.5, 0.6) is 5.75 Å². The van der Waals surface area contributed by atoms with E-state index in [1.54, 1.807) is 6.07 Å². The highest BCUT2D eigenvalue weighted by Crippen LogP contribution is 2.30. The Morgan fingerprint density at radius 3 is 2.73 bits per heavy atom. The number of benzene rings is 2. The summed E-state index contributed by atoms with van der Waals surface area (Å²) in [6.07, 6.45) is 2.80. The second kappa shape index (κ2) is 10.3. The number of hydrazone groups is 1. The summed E-state index contributed by atoms with van der Waals surface area (Å²) in [6, 6.07) is 12.9. The summed E-state index contributed by atoms with van der Waals surface area (Å²) < 4.78 is 5.69. The SMILES string of the molecule is CC(=NNC(=O)CCCOc1ccc(Cl)cc1C)c1cccc(NC(=O)C2CC2)c1. The molecule has 2 N–H and O–H groups in total. The number of hydrogen-bond donors (Lipinski definition) is 2. The van der Waals surface area contributed by atoms with Crippen molar-refractivity contribution in [1.29, 1.82) is 0 Å². The van der Waals surface area contributed by atoms with Crippen LogP contribution >= 0.6 is 11.6 Å². The standard InChI is InChI=1S/C23H26ClN3O3/c1-15-13-19(24)10-11-21(15)30-12-4-7-22(28)27-26-16(2)18-5-3-6-20(14-18)25-23(29)17-8-9-17/h3,5-6,10-11,13-14,17H,4,7-9,12H2,1-2H3,(H,25,29)(H,27,28). The quantitative estimate of drug-likeness (QED) is 0.346. The molecule has 1 aliphatic carbocycles. The van der Waals surface area contributed by atoms with Crippen LogP contribution in [-0.2, 0) is 9.59 Å². The summed E-state index contributed by atoms with van der Waals surface area (Å²) in [6.45, 7) is 4.17. The van der Waals surface area contributed by atoms with Gasteiger partial charge in [-0.2, -0.15) is 5.10 Å². The molecule has 0 spiro atoms. The van der Waals surface area contributed by atoms with E-state index in [-0.39, 0.29) is 17.7 Å². The number of aryl methyl sites for hydroxylation is 1. The van der Waals surface area contributed by atoms with Gasteiger partial charge in [0.05, 0.1) is 12.3 Å². The number of halogens is 1. The fraction of sp³-hybridized carbons (Fsp3) is 0.348. The molecule has 1 saturated carbocycles. The van der Waals surface area contributed by atoms with Crippen LogP contribution in [-0.4, -0.2) is 24.1 Å².